The third-order valence-corrected chi connectivity index (χ3v) is 2.17. The number of halogens is 2. The lowest BCUT2D eigenvalue weighted by molar-refractivity contribution is -0.154. The van der Waals surface area contributed by atoms with Crippen molar-refractivity contribution >= 4 is 17.8 Å². The zero-order chi connectivity index (χ0) is 12.3. The fourth-order valence-corrected chi connectivity index (χ4v) is 1.47. The summed E-state index contributed by atoms with van der Waals surface area (Å²) in [6, 6.07) is -1.35. The summed E-state index contributed by atoms with van der Waals surface area (Å²) >= 11 is 0. The summed E-state index contributed by atoms with van der Waals surface area (Å²) in [5.41, 5.74) is 0. The van der Waals surface area contributed by atoms with Crippen molar-refractivity contribution in [3.05, 3.63) is 0 Å². The highest BCUT2D eigenvalue weighted by Gasteiger charge is 2.37. The number of hydrogen-bond acceptors (Lipinski definition) is 3. The van der Waals surface area contributed by atoms with Gasteiger partial charge in [-0.1, -0.05) is 0 Å². The average molecular weight is 236 g/mol. The Kier molecular flexibility index (Phi) is 3.75. The van der Waals surface area contributed by atoms with E-state index in [1.807, 2.05) is 0 Å². The Morgan fingerprint density at radius 3 is 2.69 bits per heavy atom. The normalized spacial score (nSPS) is 20.8. The molecule has 0 radical (unpaired) electrons. The fraction of sp³-hybridized carbons (Fsp3) is 0.625. The predicted octanol–water partition coefficient (Wildman–Crippen LogP) is -0.947. The number of hydrogen-bond donors (Lipinski definition) is 2. The molecule has 16 heavy (non-hydrogen) atoms. The van der Waals surface area contributed by atoms with Crippen molar-refractivity contribution in [2.45, 2.75) is 18.9 Å². The summed E-state index contributed by atoms with van der Waals surface area (Å²) in [6.07, 6.45) is -3.91. The van der Waals surface area contributed by atoms with Crippen molar-refractivity contribution < 1.29 is 28.3 Å². The van der Waals surface area contributed by atoms with Crippen LogP contribution in [-0.2, 0) is 14.4 Å². The molecule has 0 saturated carbocycles. The minimum absolute atomic E-state index is 0.0490. The predicted molar refractivity (Wildman–Crippen MR) is 46.8 cm³/mol. The zero-order valence-corrected chi connectivity index (χ0v) is 8.15. The summed E-state index contributed by atoms with van der Waals surface area (Å²) in [5.74, 6) is -3.56. The van der Waals surface area contributed by atoms with Crippen LogP contribution in [-0.4, -0.2) is 53.3 Å². The Labute approximate surface area is 89.2 Å². The van der Waals surface area contributed by atoms with E-state index in [-0.39, 0.29) is 13.1 Å². The molecular formula is C8H10F2N2O4. The fourth-order valence-electron chi connectivity index (χ4n) is 1.47. The van der Waals surface area contributed by atoms with E-state index in [1.54, 1.807) is 0 Å². The summed E-state index contributed by atoms with van der Waals surface area (Å²) in [6.45, 7) is -0.0553. The number of carbonyl (C=O) groups is 3. The van der Waals surface area contributed by atoms with Crippen molar-refractivity contribution in [3.8, 4) is 0 Å². The third kappa shape index (κ3) is 2.65. The molecule has 0 aliphatic carbocycles. The average Bonchev–Trinajstić information content (AvgIpc) is 2.19. The molecule has 1 fully saturated rings. The van der Waals surface area contributed by atoms with Gasteiger partial charge in [-0.25, -0.2) is 0 Å². The molecule has 0 aromatic heterocycles. The standard InChI is InChI=1S/C8H10F2N2O4/c9-6(10)8(16)12-2-1-11-7(15)4(12)3-5(13)14/h4,6H,1-3H2,(H,11,15)(H,13,14). The molecule has 8 heteroatoms. The number of carboxylic acids is 1. The van der Waals surface area contributed by atoms with Gasteiger partial charge in [0.05, 0.1) is 6.42 Å². The number of piperazine rings is 1. The lowest BCUT2D eigenvalue weighted by atomic mass is 10.1. The molecule has 6 nitrogen and oxygen atoms in total. The highest BCUT2D eigenvalue weighted by atomic mass is 19.3. The van der Waals surface area contributed by atoms with Crippen LogP contribution in [0.25, 0.3) is 0 Å². The second-order valence-corrected chi connectivity index (χ2v) is 3.24. The van der Waals surface area contributed by atoms with Gasteiger partial charge in [0.15, 0.2) is 0 Å². The summed E-state index contributed by atoms with van der Waals surface area (Å²) in [4.78, 5) is 33.3. The largest absolute Gasteiger partial charge is 0.481 e. The van der Waals surface area contributed by atoms with Crippen molar-refractivity contribution in [1.29, 1.82) is 0 Å². The Morgan fingerprint density at radius 2 is 2.19 bits per heavy atom. The highest BCUT2D eigenvalue weighted by molar-refractivity contribution is 5.92. The van der Waals surface area contributed by atoms with Crippen molar-refractivity contribution in [1.82, 2.24) is 10.2 Å². The first kappa shape index (κ1) is 12.3. The highest BCUT2D eigenvalue weighted by Crippen LogP contribution is 2.12. The molecule has 1 unspecified atom stereocenters. The SMILES string of the molecule is O=C(O)CC1C(=O)NCCN1C(=O)C(F)F. The van der Waals surface area contributed by atoms with Gasteiger partial charge in [-0.3, -0.25) is 14.4 Å². The van der Waals surface area contributed by atoms with E-state index in [0.29, 0.717) is 4.90 Å². The Balaban J connectivity index is 2.82. The topological polar surface area (TPSA) is 86.7 Å². The van der Waals surface area contributed by atoms with E-state index in [0.717, 1.165) is 0 Å². The molecule has 1 atom stereocenters. The number of rotatable bonds is 3. The Bertz CT molecular complexity index is 321. The lowest BCUT2D eigenvalue weighted by Gasteiger charge is -2.33. The van der Waals surface area contributed by atoms with E-state index in [4.69, 9.17) is 5.11 Å². The lowest BCUT2D eigenvalue weighted by Crippen LogP contribution is -2.59. The summed E-state index contributed by atoms with van der Waals surface area (Å²) < 4.78 is 24.4. The molecular weight excluding hydrogens is 226 g/mol. The summed E-state index contributed by atoms with van der Waals surface area (Å²) in [5, 5.41) is 10.8. The summed E-state index contributed by atoms with van der Waals surface area (Å²) in [7, 11) is 0. The number of alkyl halides is 2. The molecule has 0 aromatic rings. The van der Waals surface area contributed by atoms with E-state index < -0.39 is 36.7 Å². The number of aliphatic carboxylic acids is 1. The number of carbonyl (C=O) groups excluding carboxylic acids is 2. The van der Waals surface area contributed by atoms with Gasteiger partial charge in [0, 0.05) is 13.1 Å². The van der Waals surface area contributed by atoms with Crippen LogP contribution < -0.4 is 5.32 Å². The van der Waals surface area contributed by atoms with Crippen LogP contribution in [0, 0.1) is 0 Å². The van der Waals surface area contributed by atoms with Gasteiger partial charge in [0.2, 0.25) is 5.91 Å². The van der Waals surface area contributed by atoms with Crippen LogP contribution in [0.3, 0.4) is 0 Å². The van der Waals surface area contributed by atoms with Gasteiger partial charge < -0.3 is 15.3 Å². The van der Waals surface area contributed by atoms with Crippen molar-refractivity contribution in [3.63, 3.8) is 0 Å². The van der Waals surface area contributed by atoms with Gasteiger partial charge in [-0.05, 0) is 0 Å². The second-order valence-electron chi connectivity index (χ2n) is 3.24. The first-order valence-electron chi connectivity index (χ1n) is 4.51. The number of nitrogens with zero attached hydrogens (tertiary/aromatic N) is 1. The molecule has 1 heterocycles. The number of nitrogens with one attached hydrogen (secondary N) is 1. The molecule has 1 aliphatic rings. The van der Waals surface area contributed by atoms with Crippen molar-refractivity contribution in [2.24, 2.45) is 0 Å². The van der Waals surface area contributed by atoms with Crippen molar-refractivity contribution in [2.75, 3.05) is 13.1 Å². The first-order valence-corrected chi connectivity index (χ1v) is 4.51. The third-order valence-electron chi connectivity index (χ3n) is 2.17. The van der Waals surface area contributed by atoms with E-state index >= 15 is 0 Å². The Morgan fingerprint density at radius 1 is 1.56 bits per heavy atom. The maximum Gasteiger partial charge on any atom is 0.315 e. The van der Waals surface area contributed by atoms with Crippen LogP contribution >= 0.6 is 0 Å². The minimum Gasteiger partial charge on any atom is -0.481 e. The second kappa shape index (κ2) is 4.86. The zero-order valence-electron chi connectivity index (χ0n) is 8.15. The van der Waals surface area contributed by atoms with Crippen LogP contribution in [0.5, 0.6) is 0 Å². The van der Waals surface area contributed by atoms with Gasteiger partial charge in [0.25, 0.3) is 5.91 Å². The molecule has 0 aromatic carbocycles. The van der Waals surface area contributed by atoms with Crippen LogP contribution in [0.15, 0.2) is 0 Å². The van der Waals surface area contributed by atoms with Crippen LogP contribution in [0.1, 0.15) is 6.42 Å². The maximum absolute atomic E-state index is 12.2. The maximum atomic E-state index is 12.2. The van der Waals surface area contributed by atoms with Gasteiger partial charge in [0.1, 0.15) is 6.04 Å². The van der Waals surface area contributed by atoms with Gasteiger partial charge >= 0.3 is 12.4 Å². The van der Waals surface area contributed by atoms with Crippen LogP contribution in [0.2, 0.25) is 0 Å². The van der Waals surface area contributed by atoms with E-state index in [1.165, 1.54) is 0 Å². The molecule has 2 amide bonds. The van der Waals surface area contributed by atoms with Gasteiger partial charge in [-0.15, -0.1) is 0 Å². The molecule has 0 bridgehead atoms. The van der Waals surface area contributed by atoms with Crippen LogP contribution in [0.4, 0.5) is 8.78 Å². The molecule has 90 valence electrons. The molecule has 2 N–H and O–H groups in total. The molecule has 1 aliphatic heterocycles. The van der Waals surface area contributed by atoms with Gasteiger partial charge in [-0.2, -0.15) is 8.78 Å². The molecule has 1 rings (SSSR count). The number of carboxylic acid groups (broad SMARTS) is 1. The number of amides is 2. The quantitative estimate of drug-likeness (QED) is 0.661. The van der Waals surface area contributed by atoms with E-state index in [9.17, 15) is 23.2 Å². The molecule has 1 saturated heterocycles. The Hall–Kier alpha value is -1.73. The first-order chi connectivity index (χ1) is 7.43. The smallest absolute Gasteiger partial charge is 0.315 e. The van der Waals surface area contributed by atoms with E-state index in [2.05, 4.69) is 5.32 Å². The monoisotopic (exact) mass is 236 g/mol. The minimum atomic E-state index is -3.23. The molecule has 0 spiro atoms.